The molecule has 2 rings (SSSR count). The van der Waals surface area contributed by atoms with Crippen LogP contribution in [0.2, 0.25) is 0 Å². The van der Waals surface area contributed by atoms with Crippen molar-refractivity contribution in [2.75, 3.05) is 19.8 Å². The van der Waals surface area contributed by atoms with Gasteiger partial charge < -0.3 is 14.2 Å². The summed E-state index contributed by atoms with van der Waals surface area (Å²) in [6.45, 7) is 6.82. The summed E-state index contributed by atoms with van der Waals surface area (Å²) in [6.07, 6.45) is 7.07. The molecule has 1 aromatic carbocycles. The topological polar surface area (TPSA) is 27.7 Å². The van der Waals surface area contributed by atoms with Crippen LogP contribution in [0.5, 0.6) is 5.75 Å². The Morgan fingerprint density at radius 1 is 0.955 bits per heavy atom. The maximum Gasteiger partial charge on any atom is 0.183 e. The van der Waals surface area contributed by atoms with Crippen molar-refractivity contribution in [3.05, 3.63) is 29.8 Å². The van der Waals surface area contributed by atoms with Gasteiger partial charge in [0, 0.05) is 11.5 Å². The lowest BCUT2D eigenvalue weighted by Crippen LogP contribution is -2.26. The van der Waals surface area contributed by atoms with Crippen molar-refractivity contribution in [2.24, 2.45) is 5.92 Å². The monoisotopic (exact) mass is 306 g/mol. The summed E-state index contributed by atoms with van der Waals surface area (Å²) in [6, 6.07) is 8.12. The first-order valence-electron chi connectivity index (χ1n) is 8.79. The van der Waals surface area contributed by atoms with Gasteiger partial charge in [-0.05, 0) is 25.0 Å². The second kappa shape index (κ2) is 9.86. The number of benzene rings is 1. The molecule has 0 aliphatic carbocycles. The Labute approximate surface area is 135 Å². The van der Waals surface area contributed by atoms with Gasteiger partial charge in [-0.15, -0.1) is 0 Å². The van der Waals surface area contributed by atoms with Crippen LogP contribution in [0.4, 0.5) is 0 Å². The van der Waals surface area contributed by atoms with Crippen LogP contribution in [-0.4, -0.2) is 19.8 Å². The molecule has 124 valence electrons. The van der Waals surface area contributed by atoms with E-state index in [1.165, 1.54) is 32.1 Å². The van der Waals surface area contributed by atoms with Crippen molar-refractivity contribution >= 4 is 0 Å². The lowest BCUT2D eigenvalue weighted by atomic mass is 10.1. The second-order valence-corrected chi connectivity index (χ2v) is 6.13. The van der Waals surface area contributed by atoms with E-state index in [4.69, 9.17) is 14.2 Å². The first-order chi connectivity index (χ1) is 10.8. The minimum Gasteiger partial charge on any atom is -0.494 e. The minimum absolute atomic E-state index is 0.216. The Hall–Kier alpha value is -1.06. The third-order valence-corrected chi connectivity index (χ3v) is 4.08. The summed E-state index contributed by atoms with van der Waals surface area (Å²) in [5, 5.41) is 0. The first-order valence-corrected chi connectivity index (χ1v) is 8.79. The maximum absolute atomic E-state index is 5.83. The number of hydrogen-bond donors (Lipinski definition) is 0. The molecule has 0 unspecified atom stereocenters. The third-order valence-electron chi connectivity index (χ3n) is 4.08. The van der Waals surface area contributed by atoms with Crippen molar-refractivity contribution in [2.45, 2.75) is 58.7 Å². The predicted molar refractivity (Wildman–Crippen MR) is 89.1 cm³/mol. The van der Waals surface area contributed by atoms with E-state index in [-0.39, 0.29) is 6.29 Å². The van der Waals surface area contributed by atoms with Crippen LogP contribution >= 0.6 is 0 Å². The molecule has 22 heavy (non-hydrogen) atoms. The molecule has 3 nitrogen and oxygen atoms in total. The van der Waals surface area contributed by atoms with Crippen LogP contribution in [0.15, 0.2) is 24.3 Å². The SMILES string of the molecule is CCCCCCOc1ccc(C2OCC(CCC)CO2)cc1. The highest BCUT2D eigenvalue weighted by atomic mass is 16.7. The highest BCUT2D eigenvalue weighted by Gasteiger charge is 2.22. The van der Waals surface area contributed by atoms with E-state index in [2.05, 4.69) is 13.8 Å². The molecule has 0 N–H and O–H groups in total. The summed E-state index contributed by atoms with van der Waals surface area (Å²) in [4.78, 5) is 0. The zero-order chi connectivity index (χ0) is 15.6. The third kappa shape index (κ3) is 5.62. The molecule has 1 aromatic rings. The van der Waals surface area contributed by atoms with Crippen molar-refractivity contribution < 1.29 is 14.2 Å². The Morgan fingerprint density at radius 2 is 1.68 bits per heavy atom. The van der Waals surface area contributed by atoms with Crippen LogP contribution in [0, 0.1) is 5.92 Å². The smallest absolute Gasteiger partial charge is 0.183 e. The Balaban J connectivity index is 1.72. The van der Waals surface area contributed by atoms with Gasteiger partial charge in [0.05, 0.1) is 19.8 Å². The molecule has 0 radical (unpaired) electrons. The molecule has 0 spiro atoms. The van der Waals surface area contributed by atoms with E-state index in [9.17, 15) is 0 Å². The molecule has 0 aromatic heterocycles. The van der Waals surface area contributed by atoms with Gasteiger partial charge in [-0.25, -0.2) is 0 Å². The van der Waals surface area contributed by atoms with Gasteiger partial charge in [0.15, 0.2) is 6.29 Å². The average molecular weight is 306 g/mol. The highest BCUT2D eigenvalue weighted by Crippen LogP contribution is 2.28. The predicted octanol–water partition coefficient (Wildman–Crippen LogP) is 5.11. The molecule has 1 heterocycles. The van der Waals surface area contributed by atoms with Crippen LogP contribution in [-0.2, 0) is 9.47 Å². The number of hydrogen-bond acceptors (Lipinski definition) is 3. The van der Waals surface area contributed by atoms with Crippen molar-refractivity contribution in [1.29, 1.82) is 0 Å². The van der Waals surface area contributed by atoms with E-state index in [0.29, 0.717) is 5.92 Å². The second-order valence-electron chi connectivity index (χ2n) is 6.13. The van der Waals surface area contributed by atoms with Gasteiger partial charge in [-0.2, -0.15) is 0 Å². The summed E-state index contributed by atoms with van der Waals surface area (Å²) >= 11 is 0. The van der Waals surface area contributed by atoms with Crippen LogP contribution in [0.3, 0.4) is 0 Å². The molecule has 3 heteroatoms. The molecule has 0 bridgehead atoms. The summed E-state index contributed by atoms with van der Waals surface area (Å²) < 4.78 is 17.4. The van der Waals surface area contributed by atoms with E-state index >= 15 is 0 Å². The number of ether oxygens (including phenoxy) is 3. The van der Waals surface area contributed by atoms with Crippen molar-refractivity contribution in [3.8, 4) is 5.75 Å². The first kappa shape index (κ1) is 17.3. The number of unbranched alkanes of at least 4 members (excludes halogenated alkanes) is 3. The molecule has 1 fully saturated rings. The maximum atomic E-state index is 5.83. The van der Waals surface area contributed by atoms with E-state index in [1.807, 2.05) is 24.3 Å². The molecule has 1 aliphatic heterocycles. The van der Waals surface area contributed by atoms with Crippen molar-refractivity contribution in [1.82, 2.24) is 0 Å². The molecule has 0 amide bonds. The Kier molecular flexibility index (Phi) is 7.75. The fraction of sp³-hybridized carbons (Fsp3) is 0.684. The highest BCUT2D eigenvalue weighted by molar-refractivity contribution is 5.28. The lowest BCUT2D eigenvalue weighted by Gasteiger charge is -2.29. The fourth-order valence-corrected chi connectivity index (χ4v) is 2.75. The summed E-state index contributed by atoms with van der Waals surface area (Å²) in [7, 11) is 0. The van der Waals surface area contributed by atoms with Gasteiger partial charge in [0.2, 0.25) is 0 Å². The molecule has 0 atom stereocenters. The van der Waals surface area contributed by atoms with E-state index < -0.39 is 0 Å². The molecule has 1 aliphatic rings. The molecular weight excluding hydrogens is 276 g/mol. The largest absolute Gasteiger partial charge is 0.494 e. The quantitative estimate of drug-likeness (QED) is 0.593. The van der Waals surface area contributed by atoms with Crippen LogP contribution < -0.4 is 4.74 Å². The average Bonchev–Trinajstić information content (AvgIpc) is 2.56. The van der Waals surface area contributed by atoms with Gasteiger partial charge in [-0.1, -0.05) is 51.7 Å². The van der Waals surface area contributed by atoms with Crippen molar-refractivity contribution in [3.63, 3.8) is 0 Å². The zero-order valence-corrected chi connectivity index (χ0v) is 14.1. The summed E-state index contributed by atoms with van der Waals surface area (Å²) in [5.74, 6) is 1.48. The minimum atomic E-state index is -0.216. The molecule has 0 saturated carbocycles. The van der Waals surface area contributed by atoms with E-state index in [0.717, 1.165) is 37.6 Å². The van der Waals surface area contributed by atoms with Gasteiger partial charge in [0.25, 0.3) is 0 Å². The molecular formula is C19H30O3. The fourth-order valence-electron chi connectivity index (χ4n) is 2.75. The molecule has 1 saturated heterocycles. The summed E-state index contributed by atoms with van der Waals surface area (Å²) in [5.41, 5.74) is 1.08. The van der Waals surface area contributed by atoms with Gasteiger partial charge >= 0.3 is 0 Å². The normalized spacial score (nSPS) is 21.7. The zero-order valence-electron chi connectivity index (χ0n) is 14.1. The van der Waals surface area contributed by atoms with Gasteiger partial charge in [0.1, 0.15) is 5.75 Å². The van der Waals surface area contributed by atoms with E-state index in [1.54, 1.807) is 0 Å². The number of rotatable bonds is 9. The van der Waals surface area contributed by atoms with Crippen LogP contribution in [0.1, 0.15) is 64.2 Å². The van der Waals surface area contributed by atoms with Crippen LogP contribution in [0.25, 0.3) is 0 Å². The lowest BCUT2D eigenvalue weighted by molar-refractivity contribution is -0.206. The standard InChI is InChI=1S/C19H30O3/c1-3-5-6-7-13-20-18-11-9-17(10-12-18)19-21-14-16(8-4-2)15-22-19/h9-12,16,19H,3-8,13-15H2,1-2H3. The Morgan fingerprint density at radius 3 is 2.32 bits per heavy atom. The Bertz CT molecular complexity index is 394. The van der Waals surface area contributed by atoms with Gasteiger partial charge in [-0.3, -0.25) is 0 Å².